The van der Waals surface area contributed by atoms with Crippen molar-refractivity contribution in [2.24, 2.45) is 5.16 Å². The van der Waals surface area contributed by atoms with Gasteiger partial charge in [-0.2, -0.15) is 5.48 Å². The van der Waals surface area contributed by atoms with Crippen molar-refractivity contribution in [2.45, 2.75) is 10.6 Å². The smallest absolute Gasteiger partial charge is 0.270 e. The van der Waals surface area contributed by atoms with Crippen LogP contribution in [-0.4, -0.2) is 15.5 Å². The highest BCUT2D eigenvalue weighted by Crippen LogP contribution is 2.37. The van der Waals surface area contributed by atoms with E-state index in [1.165, 1.54) is 11.8 Å². The van der Waals surface area contributed by atoms with Crippen molar-refractivity contribution in [1.82, 2.24) is 5.48 Å². The monoisotopic (exact) mass is 289 g/mol. The van der Waals surface area contributed by atoms with Gasteiger partial charge in [0.2, 0.25) is 5.71 Å². The molecule has 1 aliphatic heterocycles. The lowest BCUT2D eigenvalue weighted by atomic mass is 10.0. The SMILES string of the molecule is O=[N+]([O-])C1(SCc2ccccc2)C=CC=C2NON=C21. The second kappa shape index (κ2) is 5.01. The Kier molecular flexibility index (Phi) is 3.19. The van der Waals surface area contributed by atoms with Crippen molar-refractivity contribution in [3.05, 3.63) is 69.9 Å². The van der Waals surface area contributed by atoms with Gasteiger partial charge in [0, 0.05) is 16.8 Å². The molecule has 2 aliphatic rings. The highest BCUT2D eigenvalue weighted by atomic mass is 32.2. The molecule has 3 rings (SSSR count). The molecule has 1 atom stereocenters. The van der Waals surface area contributed by atoms with Crippen LogP contribution in [0.2, 0.25) is 0 Å². The number of benzene rings is 1. The van der Waals surface area contributed by atoms with E-state index in [0.29, 0.717) is 17.2 Å². The van der Waals surface area contributed by atoms with Crippen LogP contribution < -0.4 is 5.48 Å². The number of fused-ring (bicyclic) bond motifs is 1. The number of nitrogens with zero attached hydrogens (tertiary/aromatic N) is 2. The van der Waals surface area contributed by atoms with Crippen molar-refractivity contribution in [2.75, 3.05) is 0 Å². The molecule has 0 radical (unpaired) electrons. The van der Waals surface area contributed by atoms with E-state index in [1.807, 2.05) is 30.3 Å². The second-order valence-corrected chi connectivity index (χ2v) is 5.50. The Hall–Kier alpha value is -2.28. The first-order valence-corrected chi connectivity index (χ1v) is 6.94. The molecule has 1 heterocycles. The molecule has 1 aromatic rings. The lowest BCUT2D eigenvalue weighted by Crippen LogP contribution is -2.43. The summed E-state index contributed by atoms with van der Waals surface area (Å²) in [7, 11) is 0. The summed E-state index contributed by atoms with van der Waals surface area (Å²) in [4.78, 5) is 14.6. The van der Waals surface area contributed by atoms with Gasteiger partial charge < -0.3 is 0 Å². The summed E-state index contributed by atoms with van der Waals surface area (Å²) in [5.41, 5.74) is 4.41. The summed E-state index contributed by atoms with van der Waals surface area (Å²) in [6.07, 6.45) is 4.90. The number of oxime groups is 1. The van der Waals surface area contributed by atoms with Gasteiger partial charge in [0.25, 0.3) is 0 Å². The third kappa shape index (κ3) is 2.05. The van der Waals surface area contributed by atoms with E-state index in [1.54, 1.807) is 18.2 Å². The number of hydrogen-bond acceptors (Lipinski definition) is 6. The predicted octanol–water partition coefficient (Wildman–Crippen LogP) is 2.24. The standard InChI is InChI=1S/C13H11N3O3S/c17-16(18)13(20-9-10-5-2-1-3-6-10)8-4-7-11-12(13)15-19-14-11/h1-8,14H,9H2. The third-order valence-corrected chi connectivity index (χ3v) is 4.44. The quantitative estimate of drug-likeness (QED) is 0.522. The molecular weight excluding hydrogens is 278 g/mol. The molecule has 6 nitrogen and oxygen atoms in total. The van der Waals surface area contributed by atoms with Gasteiger partial charge in [-0.3, -0.25) is 15.1 Å². The molecule has 102 valence electrons. The summed E-state index contributed by atoms with van der Waals surface area (Å²) in [5.74, 6) is 0.512. The van der Waals surface area contributed by atoms with Gasteiger partial charge in [0.05, 0.1) is 0 Å². The molecule has 1 unspecified atom stereocenters. The highest BCUT2D eigenvalue weighted by Gasteiger charge is 2.52. The maximum Gasteiger partial charge on any atom is 0.333 e. The number of nitro groups is 1. The first-order valence-electron chi connectivity index (χ1n) is 5.95. The lowest BCUT2D eigenvalue weighted by molar-refractivity contribution is -0.504. The van der Waals surface area contributed by atoms with Crippen LogP contribution in [0.1, 0.15) is 5.56 Å². The largest absolute Gasteiger partial charge is 0.333 e. The van der Waals surface area contributed by atoms with Gasteiger partial charge in [0.1, 0.15) is 5.70 Å². The summed E-state index contributed by atoms with van der Waals surface area (Å²) in [5, 5.41) is 15.4. The minimum Gasteiger partial charge on any atom is -0.270 e. The van der Waals surface area contributed by atoms with E-state index in [2.05, 4.69) is 10.6 Å². The zero-order valence-corrected chi connectivity index (χ0v) is 11.2. The number of allylic oxidation sites excluding steroid dienone is 2. The Labute approximate surface area is 119 Å². The molecule has 1 aliphatic carbocycles. The molecule has 0 fully saturated rings. The van der Waals surface area contributed by atoms with E-state index < -0.39 is 4.87 Å². The lowest BCUT2D eigenvalue weighted by Gasteiger charge is -2.22. The number of thioether (sulfide) groups is 1. The minimum absolute atomic E-state index is 0.297. The van der Waals surface area contributed by atoms with Crippen LogP contribution >= 0.6 is 11.8 Å². The normalized spacial score (nSPS) is 23.2. The first kappa shape index (κ1) is 12.7. The first-order chi connectivity index (χ1) is 9.72. The molecule has 0 saturated carbocycles. The molecule has 0 amide bonds. The predicted molar refractivity (Wildman–Crippen MR) is 76.3 cm³/mol. The van der Waals surface area contributed by atoms with E-state index in [0.717, 1.165) is 5.56 Å². The second-order valence-electron chi connectivity index (χ2n) is 4.30. The van der Waals surface area contributed by atoms with Crippen molar-refractivity contribution in [3.63, 3.8) is 0 Å². The van der Waals surface area contributed by atoms with E-state index in [9.17, 15) is 10.1 Å². The molecule has 1 N–H and O–H groups in total. The fourth-order valence-corrected chi connectivity index (χ4v) is 3.17. The fraction of sp³-hybridized carbons (Fsp3) is 0.154. The summed E-state index contributed by atoms with van der Waals surface area (Å²) in [6.45, 7) is 0. The van der Waals surface area contributed by atoms with Gasteiger partial charge in [-0.15, -0.1) is 0 Å². The topological polar surface area (TPSA) is 76.8 Å². The van der Waals surface area contributed by atoms with Gasteiger partial charge in [0.15, 0.2) is 0 Å². The van der Waals surface area contributed by atoms with Gasteiger partial charge >= 0.3 is 4.87 Å². The zero-order valence-electron chi connectivity index (χ0n) is 10.4. The minimum atomic E-state index is -1.41. The van der Waals surface area contributed by atoms with Crippen LogP contribution in [0.4, 0.5) is 0 Å². The van der Waals surface area contributed by atoms with Crippen LogP contribution in [0, 0.1) is 10.1 Å². The maximum atomic E-state index is 11.6. The number of hydroxylamine groups is 1. The van der Waals surface area contributed by atoms with Crippen LogP contribution in [0.15, 0.2) is 59.4 Å². The van der Waals surface area contributed by atoms with Crippen LogP contribution in [-0.2, 0) is 10.7 Å². The molecule has 0 bridgehead atoms. The van der Waals surface area contributed by atoms with E-state index in [-0.39, 0.29) is 4.92 Å². The number of rotatable bonds is 4. The van der Waals surface area contributed by atoms with Crippen LogP contribution in [0.25, 0.3) is 0 Å². The van der Waals surface area contributed by atoms with Crippen molar-refractivity contribution in [3.8, 4) is 0 Å². The Balaban J connectivity index is 1.88. The van der Waals surface area contributed by atoms with Crippen LogP contribution in [0.3, 0.4) is 0 Å². The Morgan fingerprint density at radius 2 is 2.20 bits per heavy atom. The number of nitrogens with one attached hydrogen (secondary N) is 1. The Bertz CT molecular complexity index is 627. The summed E-state index contributed by atoms with van der Waals surface area (Å²) >= 11 is 1.20. The summed E-state index contributed by atoms with van der Waals surface area (Å²) in [6, 6.07) is 9.62. The third-order valence-electron chi connectivity index (χ3n) is 3.04. The molecular formula is C13H11N3O3S. The van der Waals surface area contributed by atoms with Crippen molar-refractivity contribution in [1.29, 1.82) is 0 Å². The van der Waals surface area contributed by atoms with Gasteiger partial charge in [-0.05, 0) is 16.8 Å². The average molecular weight is 289 g/mol. The molecule has 0 saturated heterocycles. The van der Waals surface area contributed by atoms with Crippen molar-refractivity contribution >= 4 is 17.5 Å². The zero-order chi connectivity index (χ0) is 14.0. The molecule has 0 spiro atoms. The van der Waals surface area contributed by atoms with E-state index in [4.69, 9.17) is 4.94 Å². The molecule has 7 heteroatoms. The maximum absolute atomic E-state index is 11.6. The molecule has 1 aromatic carbocycles. The Morgan fingerprint density at radius 3 is 2.95 bits per heavy atom. The van der Waals surface area contributed by atoms with E-state index >= 15 is 0 Å². The highest BCUT2D eigenvalue weighted by molar-refractivity contribution is 8.00. The van der Waals surface area contributed by atoms with Crippen LogP contribution in [0.5, 0.6) is 0 Å². The van der Waals surface area contributed by atoms with Crippen molar-refractivity contribution < 1.29 is 9.86 Å². The molecule has 20 heavy (non-hydrogen) atoms. The number of hydrogen-bond donors (Lipinski definition) is 1. The van der Waals surface area contributed by atoms with Gasteiger partial charge in [-0.1, -0.05) is 48.2 Å². The van der Waals surface area contributed by atoms with Gasteiger partial charge in [-0.25, -0.2) is 0 Å². The molecule has 0 aromatic heterocycles. The summed E-state index contributed by atoms with van der Waals surface area (Å²) < 4.78 is 0. The Morgan fingerprint density at radius 1 is 1.40 bits per heavy atom. The fourth-order valence-electron chi connectivity index (χ4n) is 2.02. The average Bonchev–Trinajstić information content (AvgIpc) is 2.95.